The molecule has 0 amide bonds. The molecule has 1 aromatic heterocycles. The van der Waals surface area contributed by atoms with Crippen LogP contribution in [0.15, 0.2) is 42.6 Å². The summed E-state index contributed by atoms with van der Waals surface area (Å²) in [5.74, 6) is 0. The molecule has 100 valence electrons. The van der Waals surface area contributed by atoms with Crippen LogP contribution in [0, 0.1) is 0 Å². The number of pyridine rings is 1. The van der Waals surface area contributed by atoms with E-state index < -0.39 is 11.7 Å². The van der Waals surface area contributed by atoms with Gasteiger partial charge in [0.05, 0.1) is 11.3 Å². The van der Waals surface area contributed by atoms with Crippen LogP contribution in [0.25, 0.3) is 11.3 Å². The Morgan fingerprint density at radius 1 is 1.11 bits per heavy atom. The van der Waals surface area contributed by atoms with Crippen LogP contribution in [0.1, 0.15) is 24.5 Å². The molecular formula is C15H14F3N. The largest absolute Gasteiger partial charge is 0.416 e. The van der Waals surface area contributed by atoms with Crippen LogP contribution in [0.4, 0.5) is 13.2 Å². The van der Waals surface area contributed by atoms with Gasteiger partial charge < -0.3 is 0 Å². The van der Waals surface area contributed by atoms with Crippen molar-refractivity contribution >= 4 is 0 Å². The number of alkyl halides is 3. The van der Waals surface area contributed by atoms with Crippen LogP contribution < -0.4 is 0 Å². The molecule has 2 rings (SSSR count). The van der Waals surface area contributed by atoms with Gasteiger partial charge in [0.25, 0.3) is 0 Å². The molecule has 0 saturated heterocycles. The van der Waals surface area contributed by atoms with Gasteiger partial charge in [0.2, 0.25) is 0 Å². The Hall–Kier alpha value is -1.84. The van der Waals surface area contributed by atoms with E-state index in [4.69, 9.17) is 0 Å². The van der Waals surface area contributed by atoms with Crippen molar-refractivity contribution in [3.8, 4) is 11.3 Å². The molecule has 0 N–H and O–H groups in total. The van der Waals surface area contributed by atoms with Gasteiger partial charge in [0.15, 0.2) is 0 Å². The summed E-state index contributed by atoms with van der Waals surface area (Å²) in [6.07, 6.45) is -1.58. The molecule has 19 heavy (non-hydrogen) atoms. The second kappa shape index (κ2) is 5.43. The fourth-order valence-electron chi connectivity index (χ4n) is 2.04. The van der Waals surface area contributed by atoms with E-state index >= 15 is 0 Å². The Bertz CT molecular complexity index is 547. The lowest BCUT2D eigenvalue weighted by atomic mass is 9.98. The maximum Gasteiger partial charge on any atom is 0.416 e. The first-order chi connectivity index (χ1) is 9.02. The first kappa shape index (κ1) is 13.6. The lowest BCUT2D eigenvalue weighted by Gasteiger charge is -2.13. The van der Waals surface area contributed by atoms with E-state index in [2.05, 4.69) is 4.98 Å². The number of aryl methyl sites for hydroxylation is 1. The van der Waals surface area contributed by atoms with Crippen LogP contribution >= 0.6 is 0 Å². The second-order valence-electron chi connectivity index (χ2n) is 4.33. The van der Waals surface area contributed by atoms with Crippen LogP contribution in [-0.2, 0) is 12.6 Å². The maximum atomic E-state index is 12.9. The monoisotopic (exact) mass is 265 g/mol. The van der Waals surface area contributed by atoms with Crippen LogP contribution in [0.5, 0.6) is 0 Å². The first-order valence-corrected chi connectivity index (χ1v) is 6.14. The Balaban J connectivity index is 2.48. The Labute approximate surface area is 110 Å². The zero-order chi connectivity index (χ0) is 13.9. The Morgan fingerprint density at radius 3 is 2.47 bits per heavy atom. The molecule has 0 aliphatic carbocycles. The van der Waals surface area contributed by atoms with E-state index in [1.54, 1.807) is 24.4 Å². The first-order valence-electron chi connectivity index (χ1n) is 6.14. The van der Waals surface area contributed by atoms with Gasteiger partial charge in [-0.3, -0.25) is 4.98 Å². The summed E-state index contributed by atoms with van der Waals surface area (Å²) in [6, 6.07) is 9.60. The zero-order valence-electron chi connectivity index (χ0n) is 10.5. The average molecular weight is 265 g/mol. The van der Waals surface area contributed by atoms with Crippen molar-refractivity contribution in [3.05, 3.63) is 53.7 Å². The lowest BCUT2D eigenvalue weighted by Crippen LogP contribution is -2.09. The van der Waals surface area contributed by atoms with Crippen LogP contribution in [0.2, 0.25) is 0 Å². The Morgan fingerprint density at radius 2 is 1.89 bits per heavy atom. The van der Waals surface area contributed by atoms with Gasteiger partial charge in [0.1, 0.15) is 0 Å². The molecule has 0 atom stereocenters. The summed E-state index contributed by atoms with van der Waals surface area (Å²) in [5, 5.41) is 0. The summed E-state index contributed by atoms with van der Waals surface area (Å²) in [6.45, 7) is 1.87. The molecule has 2 aromatic rings. The number of halogens is 3. The summed E-state index contributed by atoms with van der Waals surface area (Å²) in [7, 11) is 0. The van der Waals surface area contributed by atoms with Gasteiger partial charge in [-0.1, -0.05) is 25.5 Å². The van der Waals surface area contributed by atoms with Gasteiger partial charge in [-0.25, -0.2) is 0 Å². The molecule has 0 saturated carbocycles. The van der Waals surface area contributed by atoms with E-state index in [1.807, 2.05) is 13.0 Å². The number of hydrogen-bond acceptors (Lipinski definition) is 1. The molecule has 0 radical (unpaired) electrons. The SMILES string of the molecule is CCCc1cc(-c2ccccn2)ccc1C(F)(F)F. The van der Waals surface area contributed by atoms with Crippen molar-refractivity contribution in [2.75, 3.05) is 0 Å². The van der Waals surface area contributed by atoms with Gasteiger partial charge >= 0.3 is 6.18 Å². The van der Waals surface area contributed by atoms with E-state index in [1.165, 1.54) is 6.07 Å². The molecular weight excluding hydrogens is 251 g/mol. The van der Waals surface area contributed by atoms with E-state index in [9.17, 15) is 13.2 Å². The molecule has 0 spiro atoms. The molecule has 0 unspecified atom stereocenters. The molecule has 0 fully saturated rings. The third-order valence-electron chi connectivity index (χ3n) is 2.89. The van der Waals surface area contributed by atoms with Gasteiger partial charge in [-0.15, -0.1) is 0 Å². The molecule has 1 nitrogen and oxygen atoms in total. The number of rotatable bonds is 3. The smallest absolute Gasteiger partial charge is 0.256 e. The summed E-state index contributed by atoms with van der Waals surface area (Å²) < 4.78 is 38.7. The molecule has 0 bridgehead atoms. The molecule has 1 heterocycles. The predicted octanol–water partition coefficient (Wildman–Crippen LogP) is 4.72. The van der Waals surface area contributed by atoms with Crippen molar-refractivity contribution in [2.24, 2.45) is 0 Å². The fourth-order valence-corrected chi connectivity index (χ4v) is 2.04. The van der Waals surface area contributed by atoms with Crippen molar-refractivity contribution in [1.29, 1.82) is 0 Å². The lowest BCUT2D eigenvalue weighted by molar-refractivity contribution is -0.138. The minimum atomic E-state index is -4.30. The van der Waals surface area contributed by atoms with Crippen molar-refractivity contribution in [3.63, 3.8) is 0 Å². The topological polar surface area (TPSA) is 12.9 Å². The van der Waals surface area contributed by atoms with Crippen molar-refractivity contribution < 1.29 is 13.2 Å². The fraction of sp³-hybridized carbons (Fsp3) is 0.267. The summed E-state index contributed by atoms with van der Waals surface area (Å²) in [5.41, 5.74) is 1.19. The summed E-state index contributed by atoms with van der Waals surface area (Å²) in [4.78, 5) is 4.16. The normalized spacial score (nSPS) is 11.6. The van der Waals surface area contributed by atoms with Crippen molar-refractivity contribution in [1.82, 2.24) is 4.98 Å². The molecule has 0 aliphatic rings. The third kappa shape index (κ3) is 3.13. The third-order valence-corrected chi connectivity index (χ3v) is 2.89. The minimum Gasteiger partial charge on any atom is -0.256 e. The highest BCUT2D eigenvalue weighted by molar-refractivity contribution is 5.61. The minimum absolute atomic E-state index is 0.332. The maximum absolute atomic E-state index is 12.9. The van der Waals surface area contributed by atoms with Crippen LogP contribution in [0.3, 0.4) is 0 Å². The second-order valence-corrected chi connectivity index (χ2v) is 4.33. The number of aromatic nitrogens is 1. The number of benzene rings is 1. The van der Waals surface area contributed by atoms with Crippen molar-refractivity contribution in [2.45, 2.75) is 25.9 Å². The quantitative estimate of drug-likeness (QED) is 0.782. The standard InChI is InChI=1S/C15H14F3N/c1-2-5-11-10-12(14-6-3-4-9-19-14)7-8-13(11)15(16,17)18/h3-4,6-10H,2,5H2,1H3. The van der Waals surface area contributed by atoms with E-state index in [0.717, 1.165) is 11.6 Å². The summed E-state index contributed by atoms with van der Waals surface area (Å²) >= 11 is 0. The zero-order valence-corrected chi connectivity index (χ0v) is 10.5. The molecule has 0 aliphatic heterocycles. The number of hydrogen-bond donors (Lipinski definition) is 0. The molecule has 1 aromatic carbocycles. The molecule has 4 heteroatoms. The highest BCUT2D eigenvalue weighted by Crippen LogP contribution is 2.34. The number of nitrogens with zero attached hydrogens (tertiary/aromatic N) is 1. The van der Waals surface area contributed by atoms with E-state index in [-0.39, 0.29) is 0 Å². The predicted molar refractivity (Wildman–Crippen MR) is 68.7 cm³/mol. The van der Waals surface area contributed by atoms with Gasteiger partial charge in [-0.2, -0.15) is 13.2 Å². The highest BCUT2D eigenvalue weighted by atomic mass is 19.4. The Kier molecular flexibility index (Phi) is 3.88. The van der Waals surface area contributed by atoms with Crippen LogP contribution in [-0.4, -0.2) is 4.98 Å². The van der Waals surface area contributed by atoms with E-state index in [0.29, 0.717) is 24.1 Å². The average Bonchev–Trinajstić information content (AvgIpc) is 2.39. The highest BCUT2D eigenvalue weighted by Gasteiger charge is 2.32. The van der Waals surface area contributed by atoms with Gasteiger partial charge in [0, 0.05) is 11.8 Å². The van der Waals surface area contributed by atoms with Gasteiger partial charge in [-0.05, 0) is 36.2 Å².